The molecule has 0 aliphatic carbocycles. The van der Waals surface area contributed by atoms with Gasteiger partial charge in [-0.25, -0.2) is 14.8 Å². The van der Waals surface area contributed by atoms with Gasteiger partial charge in [0.1, 0.15) is 35.8 Å². The molecular weight excluding hydrogens is 486 g/mol. The zero-order valence-electron chi connectivity index (χ0n) is 17.9. The molecule has 4 aromatic rings. The highest BCUT2D eigenvalue weighted by molar-refractivity contribution is 9.10. The van der Waals surface area contributed by atoms with Gasteiger partial charge in [-0.15, -0.1) is 0 Å². The minimum Gasteiger partial charge on any atom is -0.489 e. The van der Waals surface area contributed by atoms with Gasteiger partial charge in [-0.05, 0) is 42.3 Å². The van der Waals surface area contributed by atoms with Crippen LogP contribution in [-0.2, 0) is 11.4 Å². The molecule has 168 valence electrons. The van der Waals surface area contributed by atoms with Gasteiger partial charge in [0.05, 0.1) is 6.04 Å². The molecule has 0 aliphatic rings. The third-order valence-corrected chi connectivity index (χ3v) is 5.44. The van der Waals surface area contributed by atoms with Crippen LogP contribution in [0.25, 0.3) is 10.9 Å². The summed E-state index contributed by atoms with van der Waals surface area (Å²) in [6.45, 7) is 2.07. The van der Waals surface area contributed by atoms with Crippen LogP contribution < -0.4 is 14.8 Å². The van der Waals surface area contributed by atoms with Crippen molar-refractivity contribution in [3.05, 3.63) is 88.7 Å². The number of benzene rings is 3. The number of ether oxygens (including phenoxy) is 2. The van der Waals surface area contributed by atoms with E-state index in [0.717, 1.165) is 26.7 Å². The highest BCUT2D eigenvalue weighted by Gasteiger charge is 2.14. The van der Waals surface area contributed by atoms with Crippen LogP contribution in [0.1, 0.15) is 24.1 Å². The van der Waals surface area contributed by atoms with E-state index >= 15 is 0 Å². The summed E-state index contributed by atoms with van der Waals surface area (Å²) in [5.41, 5.74) is 2.67. The van der Waals surface area contributed by atoms with E-state index in [1.165, 1.54) is 6.33 Å². The van der Waals surface area contributed by atoms with Gasteiger partial charge in [-0.2, -0.15) is 0 Å². The van der Waals surface area contributed by atoms with E-state index in [2.05, 4.69) is 31.2 Å². The normalized spacial score (nSPS) is 11.7. The summed E-state index contributed by atoms with van der Waals surface area (Å²) >= 11 is 3.45. The maximum absolute atomic E-state index is 10.9. The van der Waals surface area contributed by atoms with Crippen LogP contribution >= 0.6 is 15.9 Å². The predicted molar refractivity (Wildman–Crippen MR) is 130 cm³/mol. The van der Waals surface area contributed by atoms with E-state index < -0.39 is 12.6 Å². The lowest BCUT2D eigenvalue weighted by molar-refractivity contribution is -0.139. The number of carboxylic acid groups (broad SMARTS) is 1. The molecule has 1 aromatic heterocycles. The Morgan fingerprint density at radius 1 is 1.06 bits per heavy atom. The average molecular weight is 508 g/mol. The predicted octanol–water partition coefficient (Wildman–Crippen LogP) is 5.61. The Kier molecular flexibility index (Phi) is 7.04. The molecule has 0 saturated heterocycles. The molecule has 0 saturated carbocycles. The molecule has 0 fully saturated rings. The average Bonchev–Trinajstić information content (AvgIpc) is 2.82. The first kappa shape index (κ1) is 22.5. The molecule has 0 aliphatic heterocycles. The van der Waals surface area contributed by atoms with E-state index in [9.17, 15) is 4.79 Å². The Morgan fingerprint density at radius 3 is 2.67 bits per heavy atom. The van der Waals surface area contributed by atoms with Crippen molar-refractivity contribution in [2.24, 2.45) is 0 Å². The van der Waals surface area contributed by atoms with Gasteiger partial charge in [-0.1, -0.05) is 58.4 Å². The quantitative estimate of drug-likeness (QED) is 0.304. The van der Waals surface area contributed by atoms with E-state index in [1.54, 1.807) is 6.07 Å². The van der Waals surface area contributed by atoms with Gasteiger partial charge in [0.2, 0.25) is 0 Å². The Balaban J connectivity index is 1.54. The van der Waals surface area contributed by atoms with E-state index in [0.29, 0.717) is 23.7 Å². The second-order valence-electron chi connectivity index (χ2n) is 7.42. The van der Waals surface area contributed by atoms with Crippen LogP contribution in [0, 0.1) is 0 Å². The molecule has 3 aromatic carbocycles. The zero-order valence-corrected chi connectivity index (χ0v) is 19.5. The number of nitrogens with one attached hydrogen (secondary N) is 1. The number of rotatable bonds is 9. The lowest BCUT2D eigenvalue weighted by Crippen LogP contribution is -2.11. The fraction of sp³-hybridized carbons (Fsp3) is 0.160. The molecule has 2 N–H and O–H groups in total. The Labute approximate surface area is 199 Å². The first-order valence-electron chi connectivity index (χ1n) is 10.3. The Hall–Kier alpha value is -3.65. The number of carbonyl (C=O) groups is 1. The number of fused-ring (bicyclic) bond motifs is 1. The standard InChI is InChI=1S/C25H22BrN3O4/c1-16(18-8-5-9-20(10-18)32-13-17-6-3-2-4-7-17)29-25-21-11-19(26)12-22(33-14-23(30)31)24(21)27-15-28-25/h2-12,15-16H,13-14H2,1H3,(H,30,31)(H,27,28,29)/t16-/m1/s1. The number of hydrogen-bond donors (Lipinski definition) is 2. The molecule has 1 heterocycles. The molecule has 7 nitrogen and oxygen atoms in total. The zero-order chi connectivity index (χ0) is 23.2. The number of aliphatic carboxylic acids is 1. The van der Waals surface area contributed by atoms with Crippen LogP contribution in [0.3, 0.4) is 0 Å². The smallest absolute Gasteiger partial charge is 0.341 e. The maximum atomic E-state index is 10.9. The van der Waals surface area contributed by atoms with Gasteiger partial charge in [0, 0.05) is 9.86 Å². The number of carboxylic acids is 1. The lowest BCUT2D eigenvalue weighted by Gasteiger charge is -2.18. The van der Waals surface area contributed by atoms with E-state index in [1.807, 2.05) is 67.6 Å². The van der Waals surface area contributed by atoms with Gasteiger partial charge >= 0.3 is 5.97 Å². The first-order valence-corrected chi connectivity index (χ1v) is 11.1. The van der Waals surface area contributed by atoms with Crippen molar-refractivity contribution in [1.82, 2.24) is 9.97 Å². The maximum Gasteiger partial charge on any atom is 0.341 e. The fourth-order valence-electron chi connectivity index (χ4n) is 3.37. The summed E-state index contributed by atoms with van der Waals surface area (Å²) in [5, 5.41) is 13.1. The molecule has 1 atom stereocenters. The molecule has 33 heavy (non-hydrogen) atoms. The monoisotopic (exact) mass is 507 g/mol. The van der Waals surface area contributed by atoms with Crippen molar-refractivity contribution in [3.8, 4) is 11.5 Å². The number of nitrogens with zero attached hydrogens (tertiary/aromatic N) is 2. The van der Waals surface area contributed by atoms with Crippen LogP contribution in [-0.4, -0.2) is 27.7 Å². The first-order chi connectivity index (χ1) is 16.0. The van der Waals surface area contributed by atoms with Crippen molar-refractivity contribution in [1.29, 1.82) is 0 Å². The SMILES string of the molecule is C[C@@H](Nc1ncnc2c(OCC(=O)O)cc(Br)cc12)c1cccc(OCc2ccccc2)c1. The minimum absolute atomic E-state index is 0.0780. The largest absolute Gasteiger partial charge is 0.489 e. The second kappa shape index (κ2) is 10.3. The number of anilines is 1. The number of aromatic nitrogens is 2. The van der Waals surface area contributed by atoms with Gasteiger partial charge < -0.3 is 19.9 Å². The molecule has 0 unspecified atom stereocenters. The number of halogens is 1. The summed E-state index contributed by atoms with van der Waals surface area (Å²) in [6.07, 6.45) is 1.43. The Morgan fingerprint density at radius 2 is 1.88 bits per heavy atom. The highest BCUT2D eigenvalue weighted by atomic mass is 79.9. The fourth-order valence-corrected chi connectivity index (χ4v) is 3.81. The van der Waals surface area contributed by atoms with Gasteiger partial charge in [0.15, 0.2) is 6.61 Å². The van der Waals surface area contributed by atoms with Gasteiger partial charge in [0.25, 0.3) is 0 Å². The van der Waals surface area contributed by atoms with Gasteiger partial charge in [-0.3, -0.25) is 0 Å². The Bertz CT molecular complexity index is 1270. The third kappa shape index (κ3) is 5.78. The van der Waals surface area contributed by atoms with Crippen molar-refractivity contribution in [2.75, 3.05) is 11.9 Å². The van der Waals surface area contributed by atoms with Crippen molar-refractivity contribution < 1.29 is 19.4 Å². The molecule has 0 radical (unpaired) electrons. The summed E-state index contributed by atoms with van der Waals surface area (Å²) in [4.78, 5) is 19.6. The topological polar surface area (TPSA) is 93.6 Å². The van der Waals surface area contributed by atoms with Crippen molar-refractivity contribution in [2.45, 2.75) is 19.6 Å². The van der Waals surface area contributed by atoms with Crippen molar-refractivity contribution in [3.63, 3.8) is 0 Å². The van der Waals surface area contributed by atoms with E-state index in [4.69, 9.17) is 14.6 Å². The molecule has 8 heteroatoms. The molecular formula is C25H22BrN3O4. The highest BCUT2D eigenvalue weighted by Crippen LogP contribution is 2.33. The molecule has 0 amide bonds. The third-order valence-electron chi connectivity index (χ3n) is 4.98. The summed E-state index contributed by atoms with van der Waals surface area (Å²) in [7, 11) is 0. The number of hydrogen-bond acceptors (Lipinski definition) is 6. The van der Waals surface area contributed by atoms with Crippen LogP contribution in [0.2, 0.25) is 0 Å². The van der Waals surface area contributed by atoms with Crippen LogP contribution in [0.4, 0.5) is 5.82 Å². The molecule has 4 rings (SSSR count). The second-order valence-corrected chi connectivity index (χ2v) is 8.33. The summed E-state index contributed by atoms with van der Waals surface area (Å²) in [5.74, 6) is 0.712. The van der Waals surface area contributed by atoms with E-state index in [-0.39, 0.29) is 6.04 Å². The molecule has 0 bridgehead atoms. The van der Waals surface area contributed by atoms with Crippen LogP contribution in [0.15, 0.2) is 77.5 Å². The minimum atomic E-state index is -1.06. The van der Waals surface area contributed by atoms with Crippen LogP contribution in [0.5, 0.6) is 11.5 Å². The summed E-state index contributed by atoms with van der Waals surface area (Å²) < 4.78 is 12.1. The summed E-state index contributed by atoms with van der Waals surface area (Å²) in [6, 6.07) is 21.4. The van der Waals surface area contributed by atoms with Crippen molar-refractivity contribution >= 4 is 38.6 Å². The molecule has 0 spiro atoms. The lowest BCUT2D eigenvalue weighted by atomic mass is 10.1.